The average Bonchev–Trinajstić information content (AvgIpc) is 2.36. The van der Waals surface area contributed by atoms with Gasteiger partial charge in [-0.2, -0.15) is 0 Å². The molecule has 0 heterocycles. The first kappa shape index (κ1) is 15.1. The van der Waals surface area contributed by atoms with Gasteiger partial charge in [0, 0.05) is 12.5 Å². The first-order chi connectivity index (χ1) is 8.99. The van der Waals surface area contributed by atoms with Gasteiger partial charge < -0.3 is 25.4 Å². The summed E-state index contributed by atoms with van der Waals surface area (Å²) < 4.78 is 10.4. The van der Waals surface area contributed by atoms with Gasteiger partial charge in [0.15, 0.2) is 11.5 Å². The second-order valence-electron chi connectivity index (χ2n) is 4.04. The maximum Gasteiger partial charge on any atom is 0.303 e. The van der Waals surface area contributed by atoms with Crippen molar-refractivity contribution in [3.8, 4) is 17.2 Å². The average molecular weight is 269 g/mol. The van der Waals surface area contributed by atoms with Gasteiger partial charge >= 0.3 is 5.97 Å². The molecular weight excluding hydrogens is 250 g/mol. The summed E-state index contributed by atoms with van der Waals surface area (Å²) in [4.78, 5) is 10.5. The first-order valence-corrected chi connectivity index (χ1v) is 6.00. The highest BCUT2D eigenvalue weighted by atomic mass is 16.5. The van der Waals surface area contributed by atoms with E-state index in [-0.39, 0.29) is 24.3 Å². The molecule has 1 aromatic rings. The number of hydrogen-bond acceptors (Lipinski definition) is 5. The second kappa shape index (κ2) is 6.84. The van der Waals surface area contributed by atoms with Gasteiger partial charge in [-0.3, -0.25) is 4.79 Å². The van der Waals surface area contributed by atoms with E-state index < -0.39 is 12.0 Å². The summed E-state index contributed by atoms with van der Waals surface area (Å²) >= 11 is 0. The molecule has 4 N–H and O–H groups in total. The minimum atomic E-state index is -0.904. The number of phenols is 1. The standard InChI is InChI=1S/C13H19NO5/c1-3-19-11-7-8(6-10(15)13(11)18-2)9(14)4-5-12(16)17/h6-7,9,15H,3-5,14H2,1-2H3,(H,16,17). The van der Waals surface area contributed by atoms with E-state index in [4.69, 9.17) is 20.3 Å². The summed E-state index contributed by atoms with van der Waals surface area (Å²) in [5.41, 5.74) is 6.51. The largest absolute Gasteiger partial charge is 0.504 e. The molecule has 0 aliphatic rings. The highest BCUT2D eigenvalue weighted by Gasteiger charge is 2.16. The predicted molar refractivity (Wildman–Crippen MR) is 69.6 cm³/mol. The van der Waals surface area contributed by atoms with Crippen molar-refractivity contribution in [2.24, 2.45) is 5.73 Å². The zero-order valence-electron chi connectivity index (χ0n) is 11.0. The number of aromatic hydroxyl groups is 1. The van der Waals surface area contributed by atoms with Gasteiger partial charge in [0.2, 0.25) is 5.75 Å². The van der Waals surface area contributed by atoms with Crippen LogP contribution < -0.4 is 15.2 Å². The van der Waals surface area contributed by atoms with Crippen LogP contribution in [-0.2, 0) is 4.79 Å². The third-order valence-corrected chi connectivity index (χ3v) is 2.66. The van der Waals surface area contributed by atoms with E-state index in [0.29, 0.717) is 17.9 Å². The van der Waals surface area contributed by atoms with Crippen LogP contribution >= 0.6 is 0 Å². The molecule has 19 heavy (non-hydrogen) atoms. The lowest BCUT2D eigenvalue weighted by atomic mass is 10.0. The summed E-state index contributed by atoms with van der Waals surface area (Å²) in [6.07, 6.45) is 0.255. The Morgan fingerprint density at radius 2 is 2.16 bits per heavy atom. The van der Waals surface area contributed by atoms with Crippen molar-refractivity contribution in [3.63, 3.8) is 0 Å². The lowest BCUT2D eigenvalue weighted by molar-refractivity contribution is -0.137. The number of carboxylic acid groups (broad SMARTS) is 1. The summed E-state index contributed by atoms with van der Waals surface area (Å²) in [7, 11) is 1.43. The van der Waals surface area contributed by atoms with Crippen LogP contribution in [0.25, 0.3) is 0 Å². The van der Waals surface area contributed by atoms with Gasteiger partial charge in [0.1, 0.15) is 0 Å². The van der Waals surface area contributed by atoms with Crippen molar-refractivity contribution < 1.29 is 24.5 Å². The Morgan fingerprint density at radius 1 is 1.47 bits per heavy atom. The molecule has 0 bridgehead atoms. The summed E-state index contributed by atoms with van der Waals surface area (Å²) in [6, 6.07) is 2.65. The third kappa shape index (κ3) is 4.03. The van der Waals surface area contributed by atoms with Gasteiger partial charge in [0.05, 0.1) is 13.7 Å². The van der Waals surface area contributed by atoms with Crippen LogP contribution in [0, 0.1) is 0 Å². The van der Waals surface area contributed by atoms with Crippen molar-refractivity contribution in [3.05, 3.63) is 17.7 Å². The SMILES string of the molecule is CCOc1cc(C(N)CCC(=O)O)cc(O)c1OC. The van der Waals surface area contributed by atoms with E-state index in [1.54, 1.807) is 6.07 Å². The molecule has 0 spiro atoms. The predicted octanol–water partition coefficient (Wildman–Crippen LogP) is 1.66. The van der Waals surface area contributed by atoms with Crippen LogP contribution in [0.3, 0.4) is 0 Å². The number of benzene rings is 1. The number of aliphatic carboxylic acids is 1. The van der Waals surface area contributed by atoms with Crippen molar-refractivity contribution in [1.82, 2.24) is 0 Å². The summed E-state index contributed by atoms with van der Waals surface area (Å²) in [5.74, 6) is -0.339. The smallest absolute Gasteiger partial charge is 0.303 e. The zero-order valence-corrected chi connectivity index (χ0v) is 11.0. The van der Waals surface area contributed by atoms with Crippen LogP contribution in [-0.4, -0.2) is 29.9 Å². The normalized spacial score (nSPS) is 11.9. The Balaban J connectivity index is 2.98. The minimum absolute atomic E-state index is 0.0298. The van der Waals surface area contributed by atoms with Crippen molar-refractivity contribution in [2.75, 3.05) is 13.7 Å². The molecule has 1 atom stereocenters. The van der Waals surface area contributed by atoms with Crippen LogP contribution in [0.15, 0.2) is 12.1 Å². The first-order valence-electron chi connectivity index (χ1n) is 6.00. The van der Waals surface area contributed by atoms with Crippen molar-refractivity contribution in [2.45, 2.75) is 25.8 Å². The number of methoxy groups -OCH3 is 1. The topological polar surface area (TPSA) is 102 Å². The fraction of sp³-hybridized carbons (Fsp3) is 0.462. The molecule has 0 aromatic heterocycles. The van der Waals surface area contributed by atoms with E-state index in [9.17, 15) is 9.90 Å². The van der Waals surface area contributed by atoms with Gasteiger partial charge in [-0.15, -0.1) is 0 Å². The van der Waals surface area contributed by atoms with Gasteiger partial charge in [-0.05, 0) is 31.0 Å². The van der Waals surface area contributed by atoms with Crippen LogP contribution in [0.5, 0.6) is 17.2 Å². The summed E-state index contributed by atoms with van der Waals surface area (Å²) in [6.45, 7) is 2.23. The monoisotopic (exact) mass is 269 g/mol. The molecule has 106 valence electrons. The highest BCUT2D eigenvalue weighted by Crippen LogP contribution is 2.39. The number of hydrogen-bond donors (Lipinski definition) is 3. The van der Waals surface area contributed by atoms with E-state index in [0.717, 1.165) is 0 Å². The quantitative estimate of drug-likeness (QED) is 0.695. The Labute approximate surface area is 111 Å². The fourth-order valence-electron chi connectivity index (χ4n) is 1.74. The fourth-order valence-corrected chi connectivity index (χ4v) is 1.74. The molecule has 1 unspecified atom stereocenters. The van der Waals surface area contributed by atoms with Gasteiger partial charge in [0.25, 0.3) is 0 Å². The molecule has 0 radical (unpaired) electrons. The molecule has 0 amide bonds. The van der Waals surface area contributed by atoms with Gasteiger partial charge in [-0.25, -0.2) is 0 Å². The third-order valence-electron chi connectivity index (χ3n) is 2.66. The number of nitrogens with two attached hydrogens (primary N) is 1. The second-order valence-corrected chi connectivity index (χ2v) is 4.04. The molecule has 6 nitrogen and oxygen atoms in total. The number of carboxylic acids is 1. The van der Waals surface area contributed by atoms with Crippen LogP contribution in [0.2, 0.25) is 0 Å². The molecule has 6 heteroatoms. The van der Waals surface area contributed by atoms with Crippen molar-refractivity contribution in [1.29, 1.82) is 0 Å². The van der Waals surface area contributed by atoms with E-state index >= 15 is 0 Å². The van der Waals surface area contributed by atoms with E-state index in [1.807, 2.05) is 6.92 Å². The number of ether oxygens (including phenoxy) is 2. The Kier molecular flexibility index (Phi) is 5.44. The Hall–Kier alpha value is -1.95. The molecule has 0 saturated heterocycles. The van der Waals surface area contributed by atoms with Crippen LogP contribution in [0.1, 0.15) is 31.4 Å². The molecule has 0 fully saturated rings. The molecular formula is C13H19NO5. The lowest BCUT2D eigenvalue weighted by Crippen LogP contribution is -2.12. The molecule has 1 aromatic carbocycles. The van der Waals surface area contributed by atoms with Gasteiger partial charge in [-0.1, -0.05) is 0 Å². The zero-order chi connectivity index (χ0) is 14.4. The molecule has 0 aliphatic carbocycles. The number of phenolic OH excluding ortho intramolecular Hbond substituents is 1. The molecule has 0 aliphatic heterocycles. The maximum atomic E-state index is 10.5. The minimum Gasteiger partial charge on any atom is -0.504 e. The Morgan fingerprint density at radius 3 is 2.68 bits per heavy atom. The lowest BCUT2D eigenvalue weighted by Gasteiger charge is -2.16. The maximum absolute atomic E-state index is 10.5. The number of carbonyl (C=O) groups is 1. The summed E-state index contributed by atoms with van der Waals surface area (Å²) in [5, 5.41) is 18.5. The Bertz CT molecular complexity index is 447. The van der Waals surface area contributed by atoms with E-state index in [2.05, 4.69) is 0 Å². The van der Waals surface area contributed by atoms with E-state index in [1.165, 1.54) is 13.2 Å². The van der Waals surface area contributed by atoms with Crippen LogP contribution in [0.4, 0.5) is 0 Å². The molecule has 1 rings (SSSR count). The molecule has 0 saturated carbocycles. The van der Waals surface area contributed by atoms with Crippen molar-refractivity contribution >= 4 is 5.97 Å². The highest BCUT2D eigenvalue weighted by molar-refractivity contribution is 5.66. The number of rotatable bonds is 7.